The van der Waals surface area contributed by atoms with Crippen LogP contribution in [0.2, 0.25) is 0 Å². The van der Waals surface area contributed by atoms with Crippen molar-refractivity contribution in [2.45, 2.75) is 57.7 Å². The molecular weight excluding hydrogens is 387 g/mol. The third kappa shape index (κ3) is 6.43. The van der Waals surface area contributed by atoms with Crippen molar-refractivity contribution in [1.82, 2.24) is 10.2 Å². The van der Waals surface area contributed by atoms with Crippen LogP contribution in [0.5, 0.6) is 0 Å². The fourth-order valence-corrected chi connectivity index (χ4v) is 3.36. The lowest BCUT2D eigenvalue weighted by Gasteiger charge is -2.38. The van der Waals surface area contributed by atoms with Crippen LogP contribution in [0.1, 0.15) is 38.7 Å². The van der Waals surface area contributed by atoms with E-state index in [0.717, 1.165) is 6.07 Å². The zero-order chi connectivity index (χ0) is 21.7. The zero-order valence-electron chi connectivity index (χ0n) is 16.6. The largest absolute Gasteiger partial charge is 0.391 e. The topological polar surface area (TPSA) is 95.7 Å². The van der Waals surface area contributed by atoms with Crippen LogP contribution in [0.25, 0.3) is 0 Å². The molecule has 1 aromatic rings. The molecule has 2 amide bonds. The van der Waals surface area contributed by atoms with E-state index in [-0.39, 0.29) is 55.3 Å². The van der Waals surface area contributed by atoms with Gasteiger partial charge in [-0.2, -0.15) is 0 Å². The number of hydrogen-bond acceptors (Lipinski definition) is 4. The second-order valence-corrected chi connectivity index (χ2v) is 7.86. The number of carbonyl (C=O) groups excluding carboxylic acids is 2. The number of amides is 2. The SMILES string of the molecule is CC(C)C(=O)NC[C@@H]1CCC(O)CN1C(=O)CC(N)Cc1cc(F)c(F)cc1F. The fourth-order valence-electron chi connectivity index (χ4n) is 3.36. The van der Waals surface area contributed by atoms with Crippen LogP contribution in [0.15, 0.2) is 12.1 Å². The molecule has 1 aromatic carbocycles. The lowest BCUT2D eigenvalue weighted by Crippen LogP contribution is -2.54. The fraction of sp³-hybridized carbons (Fsp3) is 0.600. The molecule has 1 heterocycles. The number of hydrogen-bond donors (Lipinski definition) is 3. The Morgan fingerprint density at radius 2 is 1.86 bits per heavy atom. The van der Waals surface area contributed by atoms with Crippen molar-refractivity contribution < 1.29 is 27.9 Å². The molecule has 0 aromatic heterocycles. The quantitative estimate of drug-likeness (QED) is 0.588. The molecule has 1 saturated heterocycles. The van der Waals surface area contributed by atoms with E-state index in [1.165, 1.54) is 4.90 Å². The zero-order valence-corrected chi connectivity index (χ0v) is 16.6. The maximum Gasteiger partial charge on any atom is 0.224 e. The molecule has 1 fully saturated rings. The lowest BCUT2D eigenvalue weighted by molar-refractivity contribution is -0.138. The minimum absolute atomic E-state index is 0.108. The van der Waals surface area contributed by atoms with Crippen molar-refractivity contribution in [3.05, 3.63) is 35.1 Å². The van der Waals surface area contributed by atoms with E-state index >= 15 is 0 Å². The molecule has 0 spiro atoms. The number of nitrogens with two attached hydrogens (primary N) is 1. The number of carbonyl (C=O) groups is 2. The van der Waals surface area contributed by atoms with Crippen molar-refractivity contribution in [1.29, 1.82) is 0 Å². The molecule has 4 N–H and O–H groups in total. The van der Waals surface area contributed by atoms with Gasteiger partial charge in [-0.1, -0.05) is 13.8 Å². The van der Waals surface area contributed by atoms with Gasteiger partial charge in [-0.05, 0) is 30.9 Å². The number of nitrogens with one attached hydrogen (secondary N) is 1. The summed E-state index contributed by atoms with van der Waals surface area (Å²) in [7, 11) is 0. The van der Waals surface area contributed by atoms with Gasteiger partial charge in [0.05, 0.1) is 6.10 Å². The van der Waals surface area contributed by atoms with Crippen LogP contribution in [-0.4, -0.2) is 53.1 Å². The number of benzene rings is 1. The average Bonchev–Trinajstić information content (AvgIpc) is 2.64. The Balaban J connectivity index is 1.99. The second-order valence-electron chi connectivity index (χ2n) is 7.86. The predicted molar refractivity (Wildman–Crippen MR) is 101 cm³/mol. The smallest absolute Gasteiger partial charge is 0.224 e. The summed E-state index contributed by atoms with van der Waals surface area (Å²) in [4.78, 5) is 26.0. The van der Waals surface area contributed by atoms with E-state index in [9.17, 15) is 27.9 Å². The molecule has 29 heavy (non-hydrogen) atoms. The molecule has 0 bridgehead atoms. The van der Waals surface area contributed by atoms with E-state index in [1.54, 1.807) is 13.8 Å². The Morgan fingerprint density at radius 3 is 2.52 bits per heavy atom. The van der Waals surface area contributed by atoms with Crippen LogP contribution in [0.3, 0.4) is 0 Å². The first kappa shape index (κ1) is 23.2. The number of rotatable bonds is 7. The molecule has 162 valence electrons. The van der Waals surface area contributed by atoms with Crippen molar-refractivity contribution in [3.63, 3.8) is 0 Å². The number of aliphatic hydroxyl groups excluding tert-OH is 1. The molecular formula is C20H28F3N3O3. The number of aliphatic hydroxyl groups is 1. The van der Waals surface area contributed by atoms with Gasteiger partial charge >= 0.3 is 0 Å². The molecule has 1 aliphatic heterocycles. The normalized spacial score (nSPS) is 20.6. The van der Waals surface area contributed by atoms with Crippen LogP contribution in [-0.2, 0) is 16.0 Å². The van der Waals surface area contributed by atoms with Gasteiger partial charge < -0.3 is 21.1 Å². The average molecular weight is 415 g/mol. The molecule has 0 aliphatic carbocycles. The Morgan fingerprint density at radius 1 is 1.21 bits per heavy atom. The minimum atomic E-state index is -1.29. The van der Waals surface area contributed by atoms with E-state index in [4.69, 9.17) is 5.73 Å². The third-order valence-corrected chi connectivity index (χ3v) is 5.05. The van der Waals surface area contributed by atoms with Gasteiger partial charge in [0.25, 0.3) is 0 Å². The van der Waals surface area contributed by atoms with Gasteiger partial charge in [0, 0.05) is 43.6 Å². The first-order valence-corrected chi connectivity index (χ1v) is 9.72. The van der Waals surface area contributed by atoms with Gasteiger partial charge in [0.15, 0.2) is 11.6 Å². The summed E-state index contributed by atoms with van der Waals surface area (Å²) in [5.41, 5.74) is 5.84. The van der Waals surface area contributed by atoms with Gasteiger partial charge in [0.2, 0.25) is 11.8 Å². The van der Waals surface area contributed by atoms with Crippen molar-refractivity contribution in [2.75, 3.05) is 13.1 Å². The Bertz CT molecular complexity index is 745. The summed E-state index contributed by atoms with van der Waals surface area (Å²) >= 11 is 0. The van der Waals surface area contributed by atoms with Crippen molar-refractivity contribution >= 4 is 11.8 Å². The highest BCUT2D eigenvalue weighted by atomic mass is 19.2. The molecule has 2 rings (SSSR count). The molecule has 0 saturated carbocycles. The molecule has 1 aliphatic rings. The highest BCUT2D eigenvalue weighted by molar-refractivity contribution is 5.79. The standard InChI is InChI=1S/C20H28F3N3O3/c1-11(2)20(29)25-9-14-3-4-15(27)10-26(14)19(28)7-13(24)5-12-6-17(22)18(23)8-16(12)21/h6,8,11,13-15,27H,3-5,7,9-10,24H2,1-2H3,(H,25,29)/t13?,14-,15?/m0/s1. The summed E-state index contributed by atoms with van der Waals surface area (Å²) in [6.07, 6.45) is 0.0757. The van der Waals surface area contributed by atoms with Gasteiger partial charge in [0.1, 0.15) is 5.82 Å². The van der Waals surface area contributed by atoms with Crippen molar-refractivity contribution in [2.24, 2.45) is 11.7 Å². The van der Waals surface area contributed by atoms with E-state index in [0.29, 0.717) is 18.9 Å². The number of nitrogens with zero attached hydrogens (tertiary/aromatic N) is 1. The van der Waals surface area contributed by atoms with Crippen LogP contribution >= 0.6 is 0 Å². The Kier molecular flexibility index (Phi) is 8.04. The molecule has 3 atom stereocenters. The lowest BCUT2D eigenvalue weighted by atomic mass is 9.97. The molecule has 0 radical (unpaired) electrons. The first-order chi connectivity index (χ1) is 13.6. The maximum absolute atomic E-state index is 13.8. The van der Waals surface area contributed by atoms with Gasteiger partial charge in [-0.15, -0.1) is 0 Å². The highest BCUT2D eigenvalue weighted by Gasteiger charge is 2.32. The predicted octanol–water partition coefficient (Wildman–Crippen LogP) is 1.49. The number of likely N-dealkylation sites (tertiary alicyclic amines) is 1. The summed E-state index contributed by atoms with van der Waals surface area (Å²) in [6, 6.07) is 0.102. The summed E-state index contributed by atoms with van der Waals surface area (Å²) < 4.78 is 40.2. The summed E-state index contributed by atoms with van der Waals surface area (Å²) in [5.74, 6) is -4.05. The Hall–Kier alpha value is -2.13. The van der Waals surface area contributed by atoms with Crippen LogP contribution in [0.4, 0.5) is 13.2 Å². The minimum Gasteiger partial charge on any atom is -0.391 e. The molecule has 9 heteroatoms. The second kappa shape index (κ2) is 10.1. The summed E-state index contributed by atoms with van der Waals surface area (Å²) in [5, 5.41) is 12.7. The monoisotopic (exact) mass is 415 g/mol. The van der Waals surface area contributed by atoms with E-state index < -0.39 is 29.6 Å². The van der Waals surface area contributed by atoms with Crippen LogP contribution in [0, 0.1) is 23.4 Å². The van der Waals surface area contributed by atoms with Crippen molar-refractivity contribution in [3.8, 4) is 0 Å². The maximum atomic E-state index is 13.8. The highest BCUT2D eigenvalue weighted by Crippen LogP contribution is 2.20. The molecule has 6 nitrogen and oxygen atoms in total. The third-order valence-electron chi connectivity index (χ3n) is 5.05. The number of halogens is 3. The summed E-state index contributed by atoms with van der Waals surface area (Å²) in [6.45, 7) is 3.91. The van der Waals surface area contributed by atoms with E-state index in [1.807, 2.05) is 0 Å². The van der Waals surface area contributed by atoms with E-state index in [2.05, 4.69) is 5.32 Å². The first-order valence-electron chi connectivity index (χ1n) is 9.72. The number of β-amino-alcohol motifs (C(OH)–C–C–N with tert-alkyl or cyclic N) is 1. The van der Waals surface area contributed by atoms with Gasteiger partial charge in [-0.25, -0.2) is 13.2 Å². The van der Waals surface area contributed by atoms with Gasteiger partial charge in [-0.3, -0.25) is 9.59 Å². The number of piperidine rings is 1. The molecule has 2 unspecified atom stereocenters. The Labute approximate surface area is 168 Å². The van der Waals surface area contributed by atoms with Crippen LogP contribution < -0.4 is 11.1 Å².